The van der Waals surface area contributed by atoms with Gasteiger partial charge in [0.1, 0.15) is 17.5 Å². The molecule has 1 aliphatic carbocycles. The fraction of sp³-hybridized carbons (Fsp3) is 0.316. The first-order valence-electron chi connectivity index (χ1n) is 8.76. The summed E-state index contributed by atoms with van der Waals surface area (Å²) in [6.45, 7) is 3.80. The second kappa shape index (κ2) is 5.45. The number of benzene rings is 1. The highest BCUT2D eigenvalue weighted by atomic mass is 15.4. The predicted octanol–water partition coefficient (Wildman–Crippen LogP) is 2.83. The molecular formula is C19H19N7. The van der Waals surface area contributed by atoms with E-state index in [4.69, 9.17) is 4.98 Å². The minimum atomic E-state index is 0.419. The maximum absolute atomic E-state index is 4.85. The molecule has 5 rings (SSSR count). The number of rotatable bonds is 3. The molecule has 0 amide bonds. The number of para-hydroxylation sites is 2. The van der Waals surface area contributed by atoms with Crippen molar-refractivity contribution in [3.05, 3.63) is 59.6 Å². The number of imidazole rings is 1. The molecule has 3 heterocycles. The quantitative estimate of drug-likeness (QED) is 0.571. The second-order valence-corrected chi connectivity index (χ2v) is 6.93. The summed E-state index contributed by atoms with van der Waals surface area (Å²) < 4.78 is 3.96. The molecule has 0 unspecified atom stereocenters. The van der Waals surface area contributed by atoms with Gasteiger partial charge >= 0.3 is 0 Å². The van der Waals surface area contributed by atoms with Gasteiger partial charge in [0.15, 0.2) is 5.82 Å². The lowest BCUT2D eigenvalue weighted by atomic mass is 10.1. The van der Waals surface area contributed by atoms with Crippen LogP contribution in [0.15, 0.2) is 36.5 Å². The van der Waals surface area contributed by atoms with Gasteiger partial charge in [-0.25, -0.2) is 9.97 Å². The summed E-state index contributed by atoms with van der Waals surface area (Å²) in [5.74, 6) is 4.25. The Morgan fingerprint density at radius 3 is 2.69 bits per heavy atom. The molecule has 1 saturated carbocycles. The molecule has 7 heteroatoms. The van der Waals surface area contributed by atoms with Gasteiger partial charge in [0, 0.05) is 13.0 Å². The van der Waals surface area contributed by atoms with Crippen molar-refractivity contribution in [1.29, 1.82) is 0 Å². The van der Waals surface area contributed by atoms with Crippen molar-refractivity contribution in [3.8, 4) is 5.82 Å². The molecule has 0 spiro atoms. The summed E-state index contributed by atoms with van der Waals surface area (Å²) in [5.41, 5.74) is 3.41. The Hall–Kier alpha value is -3.09. The zero-order chi connectivity index (χ0) is 17.8. The van der Waals surface area contributed by atoms with Crippen LogP contribution in [0.1, 0.15) is 41.3 Å². The Balaban J connectivity index is 1.48. The normalized spacial score (nSPS) is 19.2. The number of fused-ring (bicyclic) bond motifs is 1. The van der Waals surface area contributed by atoms with Crippen LogP contribution in [0.2, 0.25) is 0 Å². The zero-order valence-corrected chi connectivity index (χ0v) is 15.0. The first-order chi connectivity index (χ1) is 12.6. The largest absolute Gasteiger partial charge is 0.331 e. The average Bonchev–Trinajstić information content (AvgIpc) is 3.27. The monoisotopic (exact) mass is 345 g/mol. The van der Waals surface area contributed by atoms with Crippen LogP contribution in [0, 0.1) is 13.8 Å². The summed E-state index contributed by atoms with van der Waals surface area (Å²) in [5, 5.41) is 12.8. The maximum atomic E-state index is 4.85. The Morgan fingerprint density at radius 2 is 1.92 bits per heavy atom. The van der Waals surface area contributed by atoms with E-state index in [1.54, 1.807) is 4.68 Å². The highest BCUT2D eigenvalue weighted by Crippen LogP contribution is 2.54. The maximum Gasteiger partial charge on any atom is 0.178 e. The Bertz CT molecular complexity index is 1120. The summed E-state index contributed by atoms with van der Waals surface area (Å²) in [7, 11) is 2.10. The molecule has 130 valence electrons. The molecule has 2 atom stereocenters. The van der Waals surface area contributed by atoms with Crippen molar-refractivity contribution in [2.75, 3.05) is 0 Å². The van der Waals surface area contributed by atoms with Gasteiger partial charge in [0.25, 0.3) is 0 Å². The minimum absolute atomic E-state index is 0.419. The Kier molecular flexibility index (Phi) is 3.19. The number of nitrogens with zero attached hydrogens (tertiary/aromatic N) is 7. The molecule has 0 N–H and O–H groups in total. The van der Waals surface area contributed by atoms with Gasteiger partial charge in [-0.15, -0.1) is 10.2 Å². The molecule has 26 heavy (non-hydrogen) atoms. The first kappa shape index (κ1) is 15.2. The SMILES string of the molecule is Cc1nc(C)n(-c2cc([C@H]3C[C@@H]3c3nc4ccccc4n3C)cnn2)n1. The molecule has 3 aromatic heterocycles. The summed E-state index contributed by atoms with van der Waals surface area (Å²) >= 11 is 0. The molecule has 1 aromatic carbocycles. The fourth-order valence-electron chi connectivity index (χ4n) is 3.76. The van der Waals surface area contributed by atoms with Gasteiger partial charge in [-0.3, -0.25) is 0 Å². The van der Waals surface area contributed by atoms with E-state index in [0.717, 1.165) is 35.2 Å². The second-order valence-electron chi connectivity index (χ2n) is 6.93. The van der Waals surface area contributed by atoms with Crippen LogP contribution in [0.4, 0.5) is 0 Å². The molecule has 0 saturated heterocycles. The van der Waals surface area contributed by atoms with Gasteiger partial charge < -0.3 is 4.57 Å². The van der Waals surface area contributed by atoms with E-state index in [-0.39, 0.29) is 0 Å². The number of hydrogen-bond acceptors (Lipinski definition) is 5. The lowest BCUT2D eigenvalue weighted by molar-refractivity contribution is 0.767. The smallest absolute Gasteiger partial charge is 0.178 e. The van der Waals surface area contributed by atoms with E-state index in [2.05, 4.69) is 56.2 Å². The Labute approximate surface area is 150 Å². The number of hydrogen-bond donors (Lipinski definition) is 0. The van der Waals surface area contributed by atoms with Crippen molar-refractivity contribution in [3.63, 3.8) is 0 Å². The van der Waals surface area contributed by atoms with Crippen LogP contribution in [-0.4, -0.2) is 34.5 Å². The van der Waals surface area contributed by atoms with Crippen LogP contribution in [0.3, 0.4) is 0 Å². The van der Waals surface area contributed by atoms with Crippen LogP contribution in [0.5, 0.6) is 0 Å². The van der Waals surface area contributed by atoms with Gasteiger partial charge in [0.05, 0.1) is 17.2 Å². The van der Waals surface area contributed by atoms with E-state index in [1.165, 1.54) is 11.1 Å². The molecule has 0 radical (unpaired) electrons. The van der Waals surface area contributed by atoms with Crippen molar-refractivity contribution < 1.29 is 0 Å². The average molecular weight is 345 g/mol. The lowest BCUT2D eigenvalue weighted by Crippen LogP contribution is -2.04. The van der Waals surface area contributed by atoms with E-state index in [9.17, 15) is 0 Å². The predicted molar refractivity (Wildman–Crippen MR) is 97.2 cm³/mol. The molecular weight excluding hydrogens is 326 g/mol. The van der Waals surface area contributed by atoms with Gasteiger partial charge in [-0.1, -0.05) is 12.1 Å². The van der Waals surface area contributed by atoms with E-state index < -0.39 is 0 Å². The first-order valence-corrected chi connectivity index (χ1v) is 8.76. The van der Waals surface area contributed by atoms with Gasteiger partial charge in [-0.2, -0.15) is 9.78 Å². The number of aryl methyl sites for hydroxylation is 3. The highest BCUT2D eigenvalue weighted by molar-refractivity contribution is 5.76. The zero-order valence-electron chi connectivity index (χ0n) is 15.0. The van der Waals surface area contributed by atoms with Crippen molar-refractivity contribution in [2.45, 2.75) is 32.1 Å². The third-order valence-electron chi connectivity index (χ3n) is 5.13. The summed E-state index contributed by atoms with van der Waals surface area (Å²) in [6.07, 6.45) is 2.94. The third kappa shape index (κ3) is 2.31. The third-order valence-corrected chi connectivity index (χ3v) is 5.13. The topological polar surface area (TPSA) is 74.3 Å². The van der Waals surface area contributed by atoms with Crippen LogP contribution >= 0.6 is 0 Å². The lowest BCUT2D eigenvalue weighted by Gasteiger charge is -2.05. The molecule has 0 aliphatic heterocycles. The Morgan fingerprint density at radius 1 is 1.08 bits per heavy atom. The van der Waals surface area contributed by atoms with E-state index in [1.807, 2.05) is 26.1 Å². The van der Waals surface area contributed by atoms with Gasteiger partial charge in [0.2, 0.25) is 0 Å². The van der Waals surface area contributed by atoms with Crippen molar-refractivity contribution in [1.82, 2.24) is 34.5 Å². The van der Waals surface area contributed by atoms with Crippen LogP contribution < -0.4 is 0 Å². The van der Waals surface area contributed by atoms with Gasteiger partial charge in [-0.05, 0) is 49.9 Å². The summed E-state index contributed by atoms with van der Waals surface area (Å²) in [6, 6.07) is 10.3. The van der Waals surface area contributed by atoms with E-state index in [0.29, 0.717) is 11.8 Å². The fourth-order valence-corrected chi connectivity index (χ4v) is 3.76. The molecule has 4 aromatic rings. The molecule has 0 bridgehead atoms. The molecule has 7 nitrogen and oxygen atoms in total. The molecule has 1 fully saturated rings. The number of aromatic nitrogens is 7. The molecule has 1 aliphatic rings. The summed E-state index contributed by atoms with van der Waals surface area (Å²) in [4.78, 5) is 9.19. The standard InChI is InChI=1S/C19H19N7/c1-11-21-12(2)26(24-11)18-8-13(10-20-23-18)14-9-15(14)19-22-16-6-4-5-7-17(16)25(19)3/h4-8,10,14-15H,9H2,1-3H3/t14-,15+/m1/s1. The highest BCUT2D eigenvalue weighted by Gasteiger charge is 2.43. The van der Waals surface area contributed by atoms with Crippen molar-refractivity contribution in [2.24, 2.45) is 7.05 Å². The van der Waals surface area contributed by atoms with E-state index >= 15 is 0 Å². The van der Waals surface area contributed by atoms with Crippen LogP contribution in [-0.2, 0) is 7.05 Å². The van der Waals surface area contributed by atoms with Crippen molar-refractivity contribution >= 4 is 11.0 Å². The minimum Gasteiger partial charge on any atom is -0.331 e. The van der Waals surface area contributed by atoms with Crippen LogP contribution in [0.25, 0.3) is 16.9 Å².